The predicted molar refractivity (Wildman–Crippen MR) is 82.7 cm³/mol. The SMILES string of the molecule is CN(CC1CCCCC1)C(=O)c1cc(Cl)ccc1Br. The maximum atomic E-state index is 12.4. The lowest BCUT2D eigenvalue weighted by atomic mass is 9.89. The molecule has 1 aromatic rings. The molecule has 0 heterocycles. The van der Waals surface area contributed by atoms with Crippen molar-refractivity contribution >= 4 is 33.4 Å². The van der Waals surface area contributed by atoms with Crippen molar-refractivity contribution in [3.8, 4) is 0 Å². The van der Waals surface area contributed by atoms with Gasteiger partial charge in [0.25, 0.3) is 5.91 Å². The number of halogens is 2. The maximum Gasteiger partial charge on any atom is 0.254 e. The van der Waals surface area contributed by atoms with E-state index in [1.54, 1.807) is 12.1 Å². The Hall–Kier alpha value is -0.540. The second-order valence-electron chi connectivity index (χ2n) is 5.31. The fourth-order valence-corrected chi connectivity index (χ4v) is 3.30. The molecule has 2 rings (SSSR count). The highest BCUT2D eigenvalue weighted by Gasteiger charge is 2.20. The van der Waals surface area contributed by atoms with Gasteiger partial charge in [-0.15, -0.1) is 0 Å². The Morgan fingerprint density at radius 3 is 2.74 bits per heavy atom. The van der Waals surface area contributed by atoms with Gasteiger partial charge < -0.3 is 4.90 Å². The van der Waals surface area contributed by atoms with E-state index in [1.807, 2.05) is 18.0 Å². The first-order valence-electron chi connectivity index (χ1n) is 6.78. The highest BCUT2D eigenvalue weighted by Crippen LogP contribution is 2.26. The standard InChI is InChI=1S/C15H19BrClNO/c1-18(10-11-5-3-2-4-6-11)15(19)13-9-12(17)7-8-14(13)16/h7-9,11H,2-6,10H2,1H3. The molecule has 104 valence electrons. The smallest absolute Gasteiger partial charge is 0.254 e. The van der Waals surface area contributed by atoms with E-state index in [0.29, 0.717) is 16.5 Å². The van der Waals surface area contributed by atoms with Crippen LogP contribution in [0, 0.1) is 5.92 Å². The average molecular weight is 345 g/mol. The summed E-state index contributed by atoms with van der Waals surface area (Å²) in [6.07, 6.45) is 6.43. The van der Waals surface area contributed by atoms with Crippen molar-refractivity contribution in [3.05, 3.63) is 33.3 Å². The summed E-state index contributed by atoms with van der Waals surface area (Å²) in [4.78, 5) is 14.3. The number of hydrogen-bond donors (Lipinski definition) is 0. The molecule has 0 spiro atoms. The first-order chi connectivity index (χ1) is 9.08. The summed E-state index contributed by atoms with van der Waals surface area (Å²) in [5.74, 6) is 0.695. The van der Waals surface area contributed by atoms with E-state index in [-0.39, 0.29) is 5.91 Å². The van der Waals surface area contributed by atoms with Gasteiger partial charge in [-0.3, -0.25) is 4.79 Å². The molecular formula is C15H19BrClNO. The molecule has 1 aliphatic carbocycles. The average Bonchev–Trinajstić information content (AvgIpc) is 2.42. The van der Waals surface area contributed by atoms with Gasteiger partial charge in [-0.2, -0.15) is 0 Å². The zero-order valence-corrected chi connectivity index (χ0v) is 13.5. The van der Waals surface area contributed by atoms with Crippen LogP contribution in [0.15, 0.2) is 22.7 Å². The quantitative estimate of drug-likeness (QED) is 0.774. The molecule has 0 unspecified atom stereocenters. The van der Waals surface area contributed by atoms with Crippen molar-refractivity contribution in [3.63, 3.8) is 0 Å². The molecule has 19 heavy (non-hydrogen) atoms. The fraction of sp³-hybridized carbons (Fsp3) is 0.533. The van der Waals surface area contributed by atoms with E-state index in [9.17, 15) is 4.79 Å². The molecule has 1 saturated carbocycles. The molecule has 1 aromatic carbocycles. The summed E-state index contributed by atoms with van der Waals surface area (Å²) in [7, 11) is 1.88. The third-order valence-corrected chi connectivity index (χ3v) is 4.69. The van der Waals surface area contributed by atoms with Crippen molar-refractivity contribution in [1.82, 2.24) is 4.90 Å². The zero-order valence-electron chi connectivity index (χ0n) is 11.2. The molecule has 2 nitrogen and oxygen atoms in total. The molecule has 0 atom stereocenters. The van der Waals surface area contributed by atoms with E-state index < -0.39 is 0 Å². The Labute approximate surface area is 128 Å². The number of carbonyl (C=O) groups is 1. The Morgan fingerprint density at radius 1 is 1.37 bits per heavy atom. The summed E-state index contributed by atoms with van der Waals surface area (Å²) >= 11 is 9.38. The summed E-state index contributed by atoms with van der Waals surface area (Å²) < 4.78 is 0.803. The number of nitrogens with zero attached hydrogens (tertiary/aromatic N) is 1. The molecule has 1 fully saturated rings. The van der Waals surface area contributed by atoms with Crippen molar-refractivity contribution in [2.75, 3.05) is 13.6 Å². The van der Waals surface area contributed by atoms with Crippen LogP contribution in [0.2, 0.25) is 5.02 Å². The van der Waals surface area contributed by atoms with Gasteiger partial charge in [0.15, 0.2) is 0 Å². The fourth-order valence-electron chi connectivity index (χ4n) is 2.71. The van der Waals surface area contributed by atoms with E-state index in [4.69, 9.17) is 11.6 Å². The van der Waals surface area contributed by atoms with Crippen LogP contribution in [-0.4, -0.2) is 24.4 Å². The van der Waals surface area contributed by atoms with Crippen LogP contribution in [-0.2, 0) is 0 Å². The lowest BCUT2D eigenvalue weighted by Crippen LogP contribution is -2.32. The molecule has 0 N–H and O–H groups in total. The first-order valence-corrected chi connectivity index (χ1v) is 7.95. The van der Waals surface area contributed by atoms with Crippen LogP contribution in [0.3, 0.4) is 0 Å². The highest BCUT2D eigenvalue weighted by molar-refractivity contribution is 9.10. The van der Waals surface area contributed by atoms with Gasteiger partial charge in [0.2, 0.25) is 0 Å². The lowest BCUT2D eigenvalue weighted by Gasteiger charge is -2.27. The zero-order chi connectivity index (χ0) is 13.8. The van der Waals surface area contributed by atoms with Crippen LogP contribution >= 0.6 is 27.5 Å². The molecular weight excluding hydrogens is 326 g/mol. The van der Waals surface area contributed by atoms with Gasteiger partial charge in [0.1, 0.15) is 0 Å². The Balaban J connectivity index is 2.03. The summed E-state index contributed by atoms with van der Waals surface area (Å²) in [5.41, 5.74) is 0.644. The Morgan fingerprint density at radius 2 is 2.05 bits per heavy atom. The van der Waals surface area contributed by atoms with Crippen LogP contribution < -0.4 is 0 Å². The number of hydrogen-bond acceptors (Lipinski definition) is 1. The van der Waals surface area contributed by atoms with Gasteiger partial charge >= 0.3 is 0 Å². The second kappa shape index (κ2) is 6.76. The van der Waals surface area contributed by atoms with Gasteiger partial charge in [-0.1, -0.05) is 30.9 Å². The molecule has 1 amide bonds. The number of carbonyl (C=O) groups excluding carboxylic acids is 1. The van der Waals surface area contributed by atoms with Gasteiger partial charge in [0.05, 0.1) is 5.56 Å². The van der Waals surface area contributed by atoms with E-state index in [0.717, 1.165) is 11.0 Å². The predicted octanol–water partition coefficient (Wildman–Crippen LogP) is 4.75. The minimum atomic E-state index is 0.0416. The van der Waals surface area contributed by atoms with E-state index in [2.05, 4.69) is 15.9 Å². The normalized spacial score (nSPS) is 16.4. The minimum absolute atomic E-state index is 0.0416. The third kappa shape index (κ3) is 3.96. The maximum absolute atomic E-state index is 12.4. The molecule has 4 heteroatoms. The van der Waals surface area contributed by atoms with Crippen molar-refractivity contribution < 1.29 is 4.79 Å². The molecule has 0 bridgehead atoms. The summed E-state index contributed by atoms with van der Waals surface area (Å²) in [6, 6.07) is 5.33. The summed E-state index contributed by atoms with van der Waals surface area (Å²) in [5, 5.41) is 0.595. The third-order valence-electron chi connectivity index (χ3n) is 3.76. The van der Waals surface area contributed by atoms with Crippen molar-refractivity contribution in [1.29, 1.82) is 0 Å². The largest absolute Gasteiger partial charge is 0.341 e. The molecule has 0 aliphatic heterocycles. The molecule has 1 aliphatic rings. The first kappa shape index (κ1) is 14.9. The Bertz CT molecular complexity index is 457. The van der Waals surface area contributed by atoms with Crippen LogP contribution in [0.25, 0.3) is 0 Å². The number of amides is 1. The van der Waals surface area contributed by atoms with Gasteiger partial charge in [-0.05, 0) is 52.9 Å². The lowest BCUT2D eigenvalue weighted by molar-refractivity contribution is 0.0759. The van der Waals surface area contributed by atoms with E-state index >= 15 is 0 Å². The summed E-state index contributed by atoms with van der Waals surface area (Å²) in [6.45, 7) is 0.845. The van der Waals surface area contributed by atoms with Gasteiger partial charge in [-0.25, -0.2) is 0 Å². The molecule has 0 saturated heterocycles. The van der Waals surface area contributed by atoms with Gasteiger partial charge in [0, 0.05) is 23.1 Å². The number of benzene rings is 1. The molecule has 0 radical (unpaired) electrons. The van der Waals surface area contributed by atoms with Crippen LogP contribution in [0.5, 0.6) is 0 Å². The second-order valence-corrected chi connectivity index (χ2v) is 6.60. The van der Waals surface area contributed by atoms with Crippen molar-refractivity contribution in [2.45, 2.75) is 32.1 Å². The number of rotatable bonds is 3. The van der Waals surface area contributed by atoms with Crippen LogP contribution in [0.1, 0.15) is 42.5 Å². The minimum Gasteiger partial charge on any atom is -0.341 e. The highest BCUT2D eigenvalue weighted by atomic mass is 79.9. The monoisotopic (exact) mass is 343 g/mol. The Kier molecular flexibility index (Phi) is 5.28. The van der Waals surface area contributed by atoms with Crippen LogP contribution in [0.4, 0.5) is 0 Å². The molecule has 0 aromatic heterocycles. The van der Waals surface area contributed by atoms with E-state index in [1.165, 1.54) is 32.1 Å². The topological polar surface area (TPSA) is 20.3 Å². The van der Waals surface area contributed by atoms with Crippen molar-refractivity contribution in [2.24, 2.45) is 5.92 Å².